The zero-order valence-electron chi connectivity index (χ0n) is 12.9. The summed E-state index contributed by atoms with van der Waals surface area (Å²) in [6, 6.07) is 1.48. The molecule has 1 aliphatic heterocycles. The fourth-order valence-electron chi connectivity index (χ4n) is 3.06. The van der Waals surface area contributed by atoms with Crippen molar-refractivity contribution >= 4 is 0 Å². The molecular formula is C15H33N3. The minimum absolute atomic E-state index is 0.677. The van der Waals surface area contributed by atoms with Gasteiger partial charge in [0.2, 0.25) is 0 Å². The largest absolute Gasteiger partial charge is 0.313 e. The highest BCUT2D eigenvalue weighted by atomic mass is 15.3. The third-order valence-electron chi connectivity index (χ3n) is 4.22. The van der Waals surface area contributed by atoms with Crippen LogP contribution >= 0.6 is 0 Å². The standard InChI is InChI=1S/C15H33N3/c1-5-8-14(4)16-10-12-17-11-9-15(13-17)18(6-2)7-3/h14-16H,5-13H2,1-4H3. The predicted octanol–water partition coefficient (Wildman–Crippen LogP) is 2.18. The molecule has 3 heteroatoms. The van der Waals surface area contributed by atoms with Gasteiger partial charge in [-0.05, 0) is 39.4 Å². The van der Waals surface area contributed by atoms with Crippen LogP contribution in [0.5, 0.6) is 0 Å². The summed E-state index contributed by atoms with van der Waals surface area (Å²) in [6.07, 6.45) is 3.93. The fourth-order valence-corrected chi connectivity index (χ4v) is 3.06. The Morgan fingerprint density at radius 1 is 1.28 bits per heavy atom. The summed E-state index contributed by atoms with van der Waals surface area (Å²) >= 11 is 0. The second-order valence-corrected chi connectivity index (χ2v) is 5.61. The van der Waals surface area contributed by atoms with Crippen molar-refractivity contribution in [1.29, 1.82) is 0 Å². The van der Waals surface area contributed by atoms with Gasteiger partial charge in [0.1, 0.15) is 0 Å². The molecule has 0 saturated carbocycles. The molecule has 2 atom stereocenters. The van der Waals surface area contributed by atoms with Gasteiger partial charge in [-0.2, -0.15) is 0 Å². The molecule has 0 aromatic rings. The number of rotatable bonds is 9. The smallest absolute Gasteiger partial charge is 0.0235 e. The van der Waals surface area contributed by atoms with Crippen molar-refractivity contribution in [3.8, 4) is 0 Å². The molecule has 108 valence electrons. The highest BCUT2D eigenvalue weighted by molar-refractivity contribution is 4.83. The quantitative estimate of drug-likeness (QED) is 0.681. The SMILES string of the molecule is CCCC(C)NCCN1CCC(N(CC)CC)C1. The Labute approximate surface area is 114 Å². The number of hydrogen-bond donors (Lipinski definition) is 1. The van der Waals surface area contributed by atoms with E-state index in [-0.39, 0.29) is 0 Å². The number of hydrogen-bond acceptors (Lipinski definition) is 3. The Bertz CT molecular complexity index is 204. The first-order chi connectivity index (χ1) is 8.71. The minimum Gasteiger partial charge on any atom is -0.313 e. The Hall–Kier alpha value is -0.120. The molecule has 1 heterocycles. The van der Waals surface area contributed by atoms with Gasteiger partial charge in [0.25, 0.3) is 0 Å². The lowest BCUT2D eigenvalue weighted by Gasteiger charge is -2.26. The lowest BCUT2D eigenvalue weighted by molar-refractivity contribution is 0.210. The summed E-state index contributed by atoms with van der Waals surface area (Å²) in [5.74, 6) is 0. The van der Waals surface area contributed by atoms with Gasteiger partial charge in [-0.25, -0.2) is 0 Å². The van der Waals surface area contributed by atoms with Crippen molar-refractivity contribution in [1.82, 2.24) is 15.1 Å². The molecule has 18 heavy (non-hydrogen) atoms. The van der Waals surface area contributed by atoms with Gasteiger partial charge in [-0.3, -0.25) is 4.90 Å². The molecule has 0 radical (unpaired) electrons. The molecule has 0 spiro atoms. The van der Waals surface area contributed by atoms with Crippen molar-refractivity contribution < 1.29 is 0 Å². The van der Waals surface area contributed by atoms with Crippen LogP contribution in [0.3, 0.4) is 0 Å². The molecule has 0 aliphatic carbocycles. The molecule has 0 amide bonds. The zero-order chi connectivity index (χ0) is 13.4. The van der Waals surface area contributed by atoms with E-state index < -0.39 is 0 Å². The summed E-state index contributed by atoms with van der Waals surface area (Å²) in [5.41, 5.74) is 0. The number of nitrogens with zero attached hydrogens (tertiary/aromatic N) is 2. The van der Waals surface area contributed by atoms with Gasteiger partial charge >= 0.3 is 0 Å². The highest BCUT2D eigenvalue weighted by Crippen LogP contribution is 2.14. The van der Waals surface area contributed by atoms with Gasteiger partial charge in [0, 0.05) is 31.7 Å². The van der Waals surface area contributed by atoms with Crippen molar-refractivity contribution in [3.63, 3.8) is 0 Å². The van der Waals surface area contributed by atoms with E-state index in [0.717, 1.165) is 12.6 Å². The molecule has 1 saturated heterocycles. The van der Waals surface area contributed by atoms with Crippen LogP contribution in [0.15, 0.2) is 0 Å². The third kappa shape index (κ3) is 5.25. The Balaban J connectivity index is 2.14. The van der Waals surface area contributed by atoms with Crippen LogP contribution in [0.4, 0.5) is 0 Å². The average Bonchev–Trinajstić information content (AvgIpc) is 2.80. The van der Waals surface area contributed by atoms with Crippen LogP contribution in [0.1, 0.15) is 47.0 Å². The lowest BCUT2D eigenvalue weighted by atomic mass is 10.2. The van der Waals surface area contributed by atoms with Crippen molar-refractivity contribution in [2.75, 3.05) is 39.3 Å². The minimum atomic E-state index is 0.677. The Morgan fingerprint density at radius 2 is 2.00 bits per heavy atom. The van der Waals surface area contributed by atoms with E-state index in [4.69, 9.17) is 0 Å². The van der Waals surface area contributed by atoms with Crippen LogP contribution in [0, 0.1) is 0 Å². The molecule has 1 aliphatic rings. The second-order valence-electron chi connectivity index (χ2n) is 5.61. The monoisotopic (exact) mass is 255 g/mol. The number of likely N-dealkylation sites (tertiary alicyclic amines) is 1. The number of nitrogens with one attached hydrogen (secondary N) is 1. The summed E-state index contributed by atoms with van der Waals surface area (Å²) in [6.45, 7) is 16.4. The first-order valence-electron chi connectivity index (χ1n) is 7.90. The summed E-state index contributed by atoms with van der Waals surface area (Å²) in [5, 5.41) is 3.63. The second kappa shape index (κ2) is 8.89. The Kier molecular flexibility index (Phi) is 7.87. The van der Waals surface area contributed by atoms with E-state index in [2.05, 4.69) is 42.8 Å². The van der Waals surface area contributed by atoms with E-state index in [0.29, 0.717) is 6.04 Å². The molecule has 3 nitrogen and oxygen atoms in total. The van der Waals surface area contributed by atoms with E-state index in [9.17, 15) is 0 Å². The first-order valence-corrected chi connectivity index (χ1v) is 7.90. The Morgan fingerprint density at radius 3 is 2.61 bits per heavy atom. The van der Waals surface area contributed by atoms with Gasteiger partial charge in [-0.1, -0.05) is 27.2 Å². The van der Waals surface area contributed by atoms with Gasteiger partial charge < -0.3 is 10.2 Å². The summed E-state index contributed by atoms with van der Waals surface area (Å²) in [4.78, 5) is 5.22. The normalized spacial score (nSPS) is 22.8. The highest BCUT2D eigenvalue weighted by Gasteiger charge is 2.25. The van der Waals surface area contributed by atoms with Gasteiger partial charge in [-0.15, -0.1) is 0 Å². The van der Waals surface area contributed by atoms with Gasteiger partial charge in [0.15, 0.2) is 0 Å². The first kappa shape index (κ1) is 15.9. The lowest BCUT2D eigenvalue weighted by Crippen LogP contribution is -2.39. The maximum atomic E-state index is 3.63. The van der Waals surface area contributed by atoms with E-state index in [1.807, 2.05) is 0 Å². The zero-order valence-corrected chi connectivity index (χ0v) is 12.9. The van der Waals surface area contributed by atoms with Crippen LogP contribution in [0.25, 0.3) is 0 Å². The molecular weight excluding hydrogens is 222 g/mol. The van der Waals surface area contributed by atoms with Crippen LogP contribution in [-0.4, -0.2) is 61.2 Å². The van der Waals surface area contributed by atoms with Crippen molar-refractivity contribution in [2.24, 2.45) is 0 Å². The van der Waals surface area contributed by atoms with E-state index in [1.54, 1.807) is 0 Å². The topological polar surface area (TPSA) is 18.5 Å². The van der Waals surface area contributed by atoms with Crippen molar-refractivity contribution in [2.45, 2.75) is 59.0 Å². The molecule has 1 rings (SSSR count). The maximum Gasteiger partial charge on any atom is 0.0235 e. The average molecular weight is 255 g/mol. The summed E-state index contributed by atoms with van der Waals surface area (Å²) < 4.78 is 0. The van der Waals surface area contributed by atoms with Crippen LogP contribution < -0.4 is 5.32 Å². The van der Waals surface area contributed by atoms with E-state index in [1.165, 1.54) is 52.0 Å². The number of likely N-dealkylation sites (N-methyl/N-ethyl adjacent to an activating group) is 1. The van der Waals surface area contributed by atoms with Crippen molar-refractivity contribution in [3.05, 3.63) is 0 Å². The van der Waals surface area contributed by atoms with Gasteiger partial charge in [0.05, 0.1) is 0 Å². The molecule has 0 aromatic heterocycles. The van der Waals surface area contributed by atoms with E-state index >= 15 is 0 Å². The molecule has 0 bridgehead atoms. The molecule has 1 fully saturated rings. The van der Waals surface area contributed by atoms with Crippen LogP contribution in [-0.2, 0) is 0 Å². The molecule has 0 aromatic carbocycles. The molecule has 1 N–H and O–H groups in total. The summed E-state index contributed by atoms with van der Waals surface area (Å²) in [7, 11) is 0. The fraction of sp³-hybridized carbons (Fsp3) is 1.00. The predicted molar refractivity (Wildman–Crippen MR) is 80.1 cm³/mol. The maximum absolute atomic E-state index is 3.63. The van der Waals surface area contributed by atoms with Crippen LogP contribution in [0.2, 0.25) is 0 Å². The molecule has 2 unspecified atom stereocenters. The third-order valence-corrected chi connectivity index (χ3v) is 4.22.